The Labute approximate surface area is 189 Å². The highest BCUT2D eigenvalue weighted by Crippen LogP contribution is 2.24. The van der Waals surface area contributed by atoms with Crippen LogP contribution in [-0.4, -0.2) is 34.8 Å². The SMILES string of the molecule is NCCCN(Cc1cc(NC(=O)c2cccnc2)ccc1Cl)C(=O)c1cc(F)cc(F)c1. The third-order valence-electron chi connectivity index (χ3n) is 4.62. The largest absolute Gasteiger partial charge is 0.334 e. The standard InChI is InChI=1S/C23H21ClF2N4O2/c24-21-5-4-20(29-22(31)15-3-1-7-28-13-15)11-17(21)14-30(8-2-6-27)23(32)16-9-18(25)12-19(26)10-16/h1,3-5,7,9-13H,2,6,8,14,27H2,(H,29,31). The molecule has 0 radical (unpaired) electrons. The summed E-state index contributed by atoms with van der Waals surface area (Å²) in [5.41, 5.74) is 6.88. The minimum absolute atomic E-state index is 0.0619. The van der Waals surface area contributed by atoms with E-state index in [1.807, 2.05) is 0 Å². The second-order valence-electron chi connectivity index (χ2n) is 7.03. The minimum Gasteiger partial charge on any atom is -0.334 e. The normalized spacial score (nSPS) is 10.6. The number of hydrogen-bond acceptors (Lipinski definition) is 4. The lowest BCUT2D eigenvalue weighted by atomic mass is 10.1. The van der Waals surface area contributed by atoms with Crippen LogP contribution in [0.1, 0.15) is 32.7 Å². The van der Waals surface area contributed by atoms with Gasteiger partial charge in [0, 0.05) is 47.8 Å². The first-order valence-corrected chi connectivity index (χ1v) is 10.2. The predicted octanol–water partition coefficient (Wildman–Crippen LogP) is 4.26. The number of nitrogens with one attached hydrogen (secondary N) is 1. The number of anilines is 1. The topological polar surface area (TPSA) is 88.3 Å². The number of nitrogens with zero attached hydrogens (tertiary/aromatic N) is 2. The number of rotatable bonds is 8. The molecule has 32 heavy (non-hydrogen) atoms. The Morgan fingerprint density at radius 2 is 1.81 bits per heavy atom. The number of benzene rings is 2. The molecule has 2 aromatic carbocycles. The van der Waals surface area contributed by atoms with Gasteiger partial charge in [-0.05, 0) is 61.0 Å². The number of carbonyl (C=O) groups excluding carboxylic acids is 2. The number of nitrogens with two attached hydrogens (primary N) is 1. The van der Waals surface area contributed by atoms with Gasteiger partial charge >= 0.3 is 0 Å². The van der Waals surface area contributed by atoms with Gasteiger partial charge in [-0.2, -0.15) is 0 Å². The number of pyridine rings is 1. The van der Waals surface area contributed by atoms with Crippen molar-refractivity contribution in [2.75, 3.05) is 18.4 Å². The average molecular weight is 459 g/mol. The molecule has 3 rings (SSSR count). The van der Waals surface area contributed by atoms with Crippen LogP contribution >= 0.6 is 11.6 Å². The van der Waals surface area contributed by atoms with Crippen LogP contribution in [-0.2, 0) is 6.54 Å². The van der Waals surface area contributed by atoms with E-state index in [0.29, 0.717) is 40.9 Å². The highest BCUT2D eigenvalue weighted by atomic mass is 35.5. The molecule has 0 spiro atoms. The number of amides is 2. The maximum atomic E-state index is 13.6. The van der Waals surface area contributed by atoms with Gasteiger partial charge in [0.15, 0.2) is 0 Å². The smallest absolute Gasteiger partial charge is 0.257 e. The summed E-state index contributed by atoms with van der Waals surface area (Å²) < 4.78 is 27.2. The zero-order valence-corrected chi connectivity index (χ0v) is 17.8. The van der Waals surface area contributed by atoms with Crippen molar-refractivity contribution in [3.8, 4) is 0 Å². The van der Waals surface area contributed by atoms with E-state index in [4.69, 9.17) is 17.3 Å². The molecule has 0 unspecified atom stereocenters. The molecule has 3 aromatic rings. The summed E-state index contributed by atoms with van der Waals surface area (Å²) in [5, 5.41) is 3.13. The van der Waals surface area contributed by atoms with Crippen molar-refractivity contribution < 1.29 is 18.4 Å². The van der Waals surface area contributed by atoms with Gasteiger partial charge in [0.2, 0.25) is 0 Å². The fourth-order valence-electron chi connectivity index (χ4n) is 3.07. The monoisotopic (exact) mass is 458 g/mol. The Kier molecular flexibility index (Phi) is 7.86. The van der Waals surface area contributed by atoms with Crippen molar-refractivity contribution in [2.45, 2.75) is 13.0 Å². The lowest BCUT2D eigenvalue weighted by Gasteiger charge is -2.24. The Bertz CT molecular complexity index is 1090. The molecule has 0 aliphatic carbocycles. The third-order valence-corrected chi connectivity index (χ3v) is 4.99. The summed E-state index contributed by atoms with van der Waals surface area (Å²) in [7, 11) is 0. The summed E-state index contributed by atoms with van der Waals surface area (Å²) in [6.07, 6.45) is 3.49. The average Bonchev–Trinajstić information content (AvgIpc) is 2.78. The van der Waals surface area contributed by atoms with E-state index in [9.17, 15) is 18.4 Å². The Morgan fingerprint density at radius 3 is 2.47 bits per heavy atom. The zero-order valence-electron chi connectivity index (χ0n) is 17.0. The number of aromatic nitrogens is 1. The van der Waals surface area contributed by atoms with E-state index in [1.165, 1.54) is 11.1 Å². The second kappa shape index (κ2) is 10.8. The first kappa shape index (κ1) is 23.3. The second-order valence-corrected chi connectivity index (χ2v) is 7.44. The van der Waals surface area contributed by atoms with Crippen LogP contribution in [0.25, 0.3) is 0 Å². The minimum atomic E-state index is -0.842. The zero-order chi connectivity index (χ0) is 23.1. The Morgan fingerprint density at radius 1 is 1.06 bits per heavy atom. The molecule has 0 saturated heterocycles. The highest BCUT2D eigenvalue weighted by Gasteiger charge is 2.19. The summed E-state index contributed by atoms with van der Waals surface area (Å²) in [6, 6.07) is 10.8. The molecule has 0 atom stereocenters. The molecule has 0 bridgehead atoms. The summed E-state index contributed by atoms with van der Waals surface area (Å²) in [6.45, 7) is 0.651. The first-order chi connectivity index (χ1) is 15.4. The summed E-state index contributed by atoms with van der Waals surface area (Å²) in [4.78, 5) is 30.7. The molecule has 9 heteroatoms. The van der Waals surface area contributed by atoms with Crippen molar-refractivity contribution in [3.05, 3.63) is 94.3 Å². The van der Waals surface area contributed by atoms with Crippen LogP contribution < -0.4 is 11.1 Å². The van der Waals surface area contributed by atoms with Crippen molar-refractivity contribution in [1.29, 1.82) is 0 Å². The van der Waals surface area contributed by atoms with Crippen LogP contribution in [0.5, 0.6) is 0 Å². The van der Waals surface area contributed by atoms with E-state index < -0.39 is 17.5 Å². The molecule has 3 N–H and O–H groups in total. The molecule has 166 valence electrons. The third kappa shape index (κ3) is 6.09. The van der Waals surface area contributed by atoms with Crippen LogP contribution in [0.2, 0.25) is 5.02 Å². The van der Waals surface area contributed by atoms with Gasteiger partial charge in [0.1, 0.15) is 11.6 Å². The number of carbonyl (C=O) groups is 2. The fourth-order valence-corrected chi connectivity index (χ4v) is 3.25. The number of halogens is 3. The van der Waals surface area contributed by atoms with E-state index in [-0.39, 0.29) is 24.6 Å². The van der Waals surface area contributed by atoms with Gasteiger partial charge in [-0.1, -0.05) is 11.6 Å². The van der Waals surface area contributed by atoms with E-state index >= 15 is 0 Å². The maximum Gasteiger partial charge on any atom is 0.257 e. The quantitative estimate of drug-likeness (QED) is 0.528. The van der Waals surface area contributed by atoms with Gasteiger partial charge in [0.05, 0.1) is 5.56 Å². The van der Waals surface area contributed by atoms with Crippen LogP contribution in [0.15, 0.2) is 60.9 Å². The predicted molar refractivity (Wildman–Crippen MR) is 118 cm³/mol. The molecule has 1 heterocycles. The van der Waals surface area contributed by atoms with Gasteiger partial charge in [-0.3, -0.25) is 14.6 Å². The summed E-state index contributed by atoms with van der Waals surface area (Å²) in [5.74, 6) is -2.59. The van der Waals surface area contributed by atoms with Crippen molar-refractivity contribution >= 4 is 29.1 Å². The maximum absolute atomic E-state index is 13.6. The highest BCUT2D eigenvalue weighted by molar-refractivity contribution is 6.31. The number of hydrogen-bond donors (Lipinski definition) is 2. The summed E-state index contributed by atoms with van der Waals surface area (Å²) >= 11 is 6.32. The van der Waals surface area contributed by atoms with Crippen LogP contribution in [0.4, 0.5) is 14.5 Å². The molecule has 0 aliphatic heterocycles. The van der Waals surface area contributed by atoms with E-state index in [0.717, 1.165) is 12.1 Å². The van der Waals surface area contributed by atoms with Gasteiger partial charge in [0.25, 0.3) is 11.8 Å². The lowest BCUT2D eigenvalue weighted by molar-refractivity contribution is 0.0741. The van der Waals surface area contributed by atoms with Crippen LogP contribution in [0, 0.1) is 11.6 Å². The molecule has 1 aromatic heterocycles. The molecular weight excluding hydrogens is 438 g/mol. The molecule has 0 aliphatic rings. The van der Waals surface area contributed by atoms with Crippen molar-refractivity contribution in [1.82, 2.24) is 9.88 Å². The fraction of sp³-hybridized carbons (Fsp3) is 0.174. The van der Waals surface area contributed by atoms with Gasteiger partial charge in [-0.25, -0.2) is 8.78 Å². The van der Waals surface area contributed by atoms with Gasteiger partial charge in [-0.15, -0.1) is 0 Å². The van der Waals surface area contributed by atoms with Crippen LogP contribution in [0.3, 0.4) is 0 Å². The molecule has 0 saturated carbocycles. The van der Waals surface area contributed by atoms with Gasteiger partial charge < -0.3 is 16.0 Å². The molecule has 0 fully saturated rings. The Hall–Kier alpha value is -3.36. The molecular formula is C23H21ClF2N4O2. The van der Waals surface area contributed by atoms with Crippen molar-refractivity contribution in [2.24, 2.45) is 5.73 Å². The first-order valence-electron chi connectivity index (χ1n) is 9.82. The van der Waals surface area contributed by atoms with E-state index in [1.54, 1.807) is 36.5 Å². The lowest BCUT2D eigenvalue weighted by Crippen LogP contribution is -2.33. The Balaban J connectivity index is 1.83. The molecule has 6 nitrogen and oxygen atoms in total. The van der Waals surface area contributed by atoms with E-state index in [2.05, 4.69) is 10.3 Å². The van der Waals surface area contributed by atoms with Crippen molar-refractivity contribution in [3.63, 3.8) is 0 Å². The molecule has 2 amide bonds.